The van der Waals surface area contributed by atoms with Crippen molar-refractivity contribution in [1.29, 1.82) is 0 Å². The SMILES string of the molecule is C=CCN1C(=O)C(=Cc2cccn(-c3ccc(F)cc3)c2=S)C(=O)NC1=S. The van der Waals surface area contributed by atoms with Crippen molar-refractivity contribution in [2.24, 2.45) is 0 Å². The number of halogens is 1. The first kappa shape index (κ1) is 18.8. The Labute approximate surface area is 165 Å². The molecule has 1 N–H and O–H groups in total. The number of carbonyl (C=O) groups excluding carboxylic acids is 2. The number of carbonyl (C=O) groups is 2. The summed E-state index contributed by atoms with van der Waals surface area (Å²) in [6.07, 6.45) is 4.67. The number of hydrogen-bond donors (Lipinski definition) is 1. The summed E-state index contributed by atoms with van der Waals surface area (Å²) in [4.78, 5) is 26.1. The minimum absolute atomic E-state index is 0.0371. The summed E-state index contributed by atoms with van der Waals surface area (Å²) in [5, 5.41) is 2.52. The minimum atomic E-state index is -0.586. The largest absolute Gasteiger partial charge is 0.308 e. The third-order valence-electron chi connectivity index (χ3n) is 3.88. The molecule has 2 heterocycles. The van der Waals surface area contributed by atoms with Crippen LogP contribution in [0.25, 0.3) is 11.8 Å². The van der Waals surface area contributed by atoms with Crippen LogP contribution in [0, 0.1) is 10.5 Å². The van der Waals surface area contributed by atoms with Crippen LogP contribution in [-0.4, -0.2) is 32.9 Å². The number of benzene rings is 1. The van der Waals surface area contributed by atoms with E-state index in [0.29, 0.717) is 15.9 Å². The third kappa shape index (κ3) is 3.76. The first-order chi connectivity index (χ1) is 12.9. The number of aromatic nitrogens is 1. The Morgan fingerprint density at radius 3 is 2.52 bits per heavy atom. The molecule has 0 unspecified atom stereocenters. The Kier molecular flexibility index (Phi) is 5.38. The number of thiocarbonyl (C=S) groups is 1. The molecule has 1 fully saturated rings. The predicted octanol–water partition coefficient (Wildman–Crippen LogP) is 3.16. The fourth-order valence-corrected chi connectivity index (χ4v) is 3.11. The van der Waals surface area contributed by atoms with Crippen molar-refractivity contribution in [2.45, 2.75) is 0 Å². The van der Waals surface area contributed by atoms with E-state index in [1.54, 1.807) is 35.0 Å². The Balaban J connectivity index is 2.05. The molecule has 0 bridgehead atoms. The zero-order chi connectivity index (χ0) is 19.6. The molecule has 2 amide bonds. The van der Waals surface area contributed by atoms with Crippen molar-refractivity contribution in [1.82, 2.24) is 14.8 Å². The van der Waals surface area contributed by atoms with Gasteiger partial charge in [0, 0.05) is 24.0 Å². The van der Waals surface area contributed by atoms with Crippen LogP contribution in [0.5, 0.6) is 0 Å². The molecule has 136 valence electrons. The van der Waals surface area contributed by atoms with Crippen LogP contribution in [-0.2, 0) is 9.59 Å². The molecule has 0 radical (unpaired) electrons. The third-order valence-corrected chi connectivity index (χ3v) is 4.63. The second-order valence-corrected chi connectivity index (χ2v) is 6.41. The summed E-state index contributed by atoms with van der Waals surface area (Å²) in [6.45, 7) is 3.77. The fraction of sp³-hybridized carbons (Fsp3) is 0.0526. The van der Waals surface area contributed by atoms with E-state index >= 15 is 0 Å². The van der Waals surface area contributed by atoms with Gasteiger partial charge >= 0.3 is 0 Å². The van der Waals surface area contributed by atoms with E-state index in [2.05, 4.69) is 11.9 Å². The smallest absolute Gasteiger partial charge is 0.265 e. The van der Waals surface area contributed by atoms with Crippen molar-refractivity contribution >= 4 is 47.4 Å². The van der Waals surface area contributed by atoms with E-state index in [0.717, 1.165) is 0 Å². The molecule has 8 heteroatoms. The lowest BCUT2D eigenvalue weighted by molar-refractivity contribution is -0.128. The molecule has 27 heavy (non-hydrogen) atoms. The van der Waals surface area contributed by atoms with Gasteiger partial charge in [0.25, 0.3) is 11.8 Å². The van der Waals surface area contributed by atoms with Crippen LogP contribution in [0.3, 0.4) is 0 Å². The molecule has 5 nitrogen and oxygen atoms in total. The lowest BCUT2D eigenvalue weighted by atomic mass is 10.1. The topological polar surface area (TPSA) is 54.3 Å². The van der Waals surface area contributed by atoms with Crippen molar-refractivity contribution < 1.29 is 14.0 Å². The van der Waals surface area contributed by atoms with Crippen molar-refractivity contribution in [3.8, 4) is 5.69 Å². The first-order valence-electron chi connectivity index (χ1n) is 7.89. The zero-order valence-electron chi connectivity index (χ0n) is 14.0. The molecule has 1 saturated heterocycles. The standard InChI is InChI=1S/C19H14FN3O2S2/c1-2-9-23-17(25)15(16(24)21-19(23)27)11-12-4-3-10-22(18(12)26)14-7-5-13(20)6-8-14/h2-8,10-11H,1,9H2,(H,21,24,27). The molecule has 0 atom stereocenters. The Morgan fingerprint density at radius 2 is 1.85 bits per heavy atom. The highest BCUT2D eigenvalue weighted by Gasteiger charge is 2.32. The number of nitrogens with zero attached hydrogens (tertiary/aromatic N) is 2. The van der Waals surface area contributed by atoms with Crippen LogP contribution < -0.4 is 5.32 Å². The summed E-state index contributed by atoms with van der Waals surface area (Å²) in [7, 11) is 0. The predicted molar refractivity (Wildman–Crippen MR) is 107 cm³/mol. The number of nitrogens with one attached hydrogen (secondary N) is 1. The maximum absolute atomic E-state index is 13.2. The molecule has 0 saturated carbocycles. The highest BCUT2D eigenvalue weighted by molar-refractivity contribution is 7.80. The van der Waals surface area contributed by atoms with Gasteiger partial charge in [-0.15, -0.1) is 6.58 Å². The van der Waals surface area contributed by atoms with E-state index < -0.39 is 11.8 Å². The van der Waals surface area contributed by atoms with Gasteiger partial charge in [-0.25, -0.2) is 4.39 Å². The lowest BCUT2D eigenvalue weighted by Gasteiger charge is -2.27. The van der Waals surface area contributed by atoms with Gasteiger partial charge in [0.2, 0.25) is 0 Å². The maximum Gasteiger partial charge on any atom is 0.265 e. The molecule has 1 aromatic carbocycles. The Morgan fingerprint density at radius 1 is 1.15 bits per heavy atom. The van der Waals surface area contributed by atoms with Gasteiger partial charge < -0.3 is 4.57 Å². The Bertz CT molecular complexity index is 1040. The molecule has 0 spiro atoms. The Hall–Kier alpha value is -2.97. The van der Waals surface area contributed by atoms with Gasteiger partial charge in [0.15, 0.2) is 5.11 Å². The lowest BCUT2D eigenvalue weighted by Crippen LogP contribution is -2.53. The molecule has 1 aromatic heterocycles. The fourth-order valence-electron chi connectivity index (χ4n) is 2.57. The molecular formula is C19H14FN3O2S2. The number of hydrogen-bond acceptors (Lipinski definition) is 4. The van der Waals surface area contributed by atoms with Gasteiger partial charge in [-0.1, -0.05) is 24.4 Å². The molecule has 0 aliphatic carbocycles. The highest BCUT2D eigenvalue weighted by Crippen LogP contribution is 2.18. The monoisotopic (exact) mass is 399 g/mol. The second kappa shape index (κ2) is 7.73. The van der Waals surface area contributed by atoms with E-state index in [1.807, 2.05) is 0 Å². The van der Waals surface area contributed by atoms with Crippen LogP contribution in [0.1, 0.15) is 5.56 Å². The summed E-state index contributed by atoms with van der Waals surface area (Å²) < 4.78 is 15.2. The van der Waals surface area contributed by atoms with E-state index in [-0.39, 0.29) is 23.0 Å². The van der Waals surface area contributed by atoms with E-state index in [1.165, 1.54) is 29.2 Å². The van der Waals surface area contributed by atoms with E-state index in [4.69, 9.17) is 24.4 Å². The van der Waals surface area contributed by atoms with Gasteiger partial charge in [-0.3, -0.25) is 19.8 Å². The van der Waals surface area contributed by atoms with Gasteiger partial charge in [-0.2, -0.15) is 0 Å². The first-order valence-corrected chi connectivity index (χ1v) is 8.71. The molecule has 1 aliphatic rings. The van der Waals surface area contributed by atoms with Crippen molar-refractivity contribution in [2.75, 3.05) is 6.54 Å². The quantitative estimate of drug-likeness (QED) is 0.371. The molecule has 1 aliphatic heterocycles. The maximum atomic E-state index is 13.2. The summed E-state index contributed by atoms with van der Waals surface area (Å²) in [5.74, 6) is -1.46. The van der Waals surface area contributed by atoms with E-state index in [9.17, 15) is 14.0 Å². The van der Waals surface area contributed by atoms with Crippen molar-refractivity contribution in [3.05, 3.63) is 76.8 Å². The normalized spacial score (nSPS) is 15.8. The highest BCUT2D eigenvalue weighted by atomic mass is 32.1. The van der Waals surface area contributed by atoms with Crippen LogP contribution in [0.4, 0.5) is 4.39 Å². The molecule has 2 aromatic rings. The van der Waals surface area contributed by atoms with Crippen LogP contribution >= 0.6 is 24.4 Å². The number of pyridine rings is 1. The summed E-state index contributed by atoms with van der Waals surface area (Å²) >= 11 is 10.5. The minimum Gasteiger partial charge on any atom is -0.308 e. The van der Waals surface area contributed by atoms with Crippen LogP contribution in [0.15, 0.2) is 60.8 Å². The summed E-state index contributed by atoms with van der Waals surface area (Å²) in [5.41, 5.74) is 1.09. The van der Waals surface area contributed by atoms with Gasteiger partial charge in [-0.05, 0) is 48.6 Å². The van der Waals surface area contributed by atoms with Gasteiger partial charge in [0.1, 0.15) is 16.0 Å². The second-order valence-electron chi connectivity index (χ2n) is 5.64. The average Bonchev–Trinajstić information content (AvgIpc) is 2.64. The van der Waals surface area contributed by atoms with Crippen molar-refractivity contribution in [3.63, 3.8) is 0 Å². The zero-order valence-corrected chi connectivity index (χ0v) is 15.6. The number of amides is 2. The summed E-state index contributed by atoms with van der Waals surface area (Å²) in [6, 6.07) is 9.25. The molecule has 3 rings (SSSR count). The van der Waals surface area contributed by atoms with Gasteiger partial charge in [0.05, 0.1) is 0 Å². The number of rotatable bonds is 4. The van der Waals surface area contributed by atoms with Crippen LogP contribution in [0.2, 0.25) is 0 Å². The molecular weight excluding hydrogens is 385 g/mol. The average molecular weight is 399 g/mol.